The van der Waals surface area contributed by atoms with Crippen LogP contribution in [0, 0.1) is 0 Å². The van der Waals surface area contributed by atoms with Gasteiger partial charge in [-0.05, 0) is 28.8 Å². The summed E-state index contributed by atoms with van der Waals surface area (Å²) in [6, 6.07) is 0. The van der Waals surface area contributed by atoms with Gasteiger partial charge in [0.05, 0.1) is 13.2 Å². The number of unbranched alkanes of at least 4 members (excludes halogenated alkanes) is 1. The monoisotopic (exact) mass is 342 g/mol. The lowest BCUT2D eigenvalue weighted by Gasteiger charge is -2.08. The number of nitrogens with one attached hydrogen (secondary N) is 1. The Kier molecular flexibility index (Phi) is 6.23. The molecule has 0 fully saturated rings. The summed E-state index contributed by atoms with van der Waals surface area (Å²) in [5.41, 5.74) is 0.838. The highest BCUT2D eigenvalue weighted by Gasteiger charge is 2.05. The van der Waals surface area contributed by atoms with Gasteiger partial charge in [-0.1, -0.05) is 0 Å². The Morgan fingerprint density at radius 1 is 1.30 bits per heavy atom. The molecule has 0 bridgehead atoms. The molecule has 2 aromatic rings. The third-order valence-electron chi connectivity index (χ3n) is 2.78. The van der Waals surface area contributed by atoms with Crippen LogP contribution in [0.15, 0.2) is 23.2 Å². The fourth-order valence-corrected chi connectivity index (χ4v) is 2.20. The Balaban J connectivity index is 1.72. The maximum Gasteiger partial charge on any atom is 0.180 e. The molecule has 0 aromatic carbocycles. The molecule has 0 amide bonds. The number of anilines is 1. The molecule has 0 aliphatic rings. The van der Waals surface area contributed by atoms with Crippen LogP contribution in [0.25, 0.3) is 5.65 Å². The van der Waals surface area contributed by atoms with E-state index < -0.39 is 0 Å². The van der Waals surface area contributed by atoms with E-state index >= 15 is 0 Å². The summed E-state index contributed by atoms with van der Waals surface area (Å²) in [5.74, 6) is 0.796. The van der Waals surface area contributed by atoms with Gasteiger partial charge in [-0.3, -0.25) is 0 Å². The van der Waals surface area contributed by atoms with E-state index in [4.69, 9.17) is 9.47 Å². The lowest BCUT2D eigenvalue weighted by Crippen LogP contribution is -2.08. The number of imidazole rings is 1. The van der Waals surface area contributed by atoms with Crippen LogP contribution < -0.4 is 5.32 Å². The van der Waals surface area contributed by atoms with Crippen LogP contribution in [-0.2, 0) is 9.47 Å². The molecule has 2 aromatic heterocycles. The van der Waals surface area contributed by atoms with Gasteiger partial charge >= 0.3 is 0 Å². The minimum atomic E-state index is 0.651. The molecule has 1 N–H and O–H groups in total. The van der Waals surface area contributed by atoms with E-state index in [-0.39, 0.29) is 0 Å². The molecule has 0 spiro atoms. The van der Waals surface area contributed by atoms with E-state index in [1.165, 1.54) is 0 Å². The van der Waals surface area contributed by atoms with E-state index in [9.17, 15) is 0 Å². The summed E-state index contributed by atoms with van der Waals surface area (Å²) in [4.78, 5) is 8.69. The molecular formula is C13H19BrN4O2. The summed E-state index contributed by atoms with van der Waals surface area (Å²) in [6.07, 6.45) is 7.58. The van der Waals surface area contributed by atoms with Crippen molar-refractivity contribution in [1.82, 2.24) is 14.4 Å². The quantitative estimate of drug-likeness (QED) is 0.708. The third-order valence-corrected chi connectivity index (χ3v) is 3.17. The van der Waals surface area contributed by atoms with Crippen LogP contribution >= 0.6 is 15.9 Å². The second-order valence-electron chi connectivity index (χ2n) is 4.31. The highest BCUT2D eigenvalue weighted by Crippen LogP contribution is 2.16. The zero-order chi connectivity index (χ0) is 14.2. The Morgan fingerprint density at radius 2 is 2.20 bits per heavy atom. The molecule has 2 rings (SSSR count). The highest BCUT2D eigenvalue weighted by molar-refractivity contribution is 9.10. The molecule has 0 aliphatic heterocycles. The number of hydrogen-bond donors (Lipinski definition) is 1. The standard InChI is InChI=1S/C13H19BrN4O2/c1-19-8-9-20-7-3-2-4-15-12-13-16-5-6-18(13)10-11(14)17-12/h5-6,10H,2-4,7-9H2,1H3,(H,15,17). The fourth-order valence-electron chi connectivity index (χ4n) is 1.80. The molecule has 6 nitrogen and oxygen atoms in total. The van der Waals surface area contributed by atoms with Crippen molar-refractivity contribution in [3.8, 4) is 0 Å². The summed E-state index contributed by atoms with van der Waals surface area (Å²) in [6.45, 7) is 2.92. The largest absolute Gasteiger partial charge is 0.382 e. The van der Waals surface area contributed by atoms with Crippen molar-refractivity contribution in [2.45, 2.75) is 12.8 Å². The number of halogens is 1. The van der Waals surface area contributed by atoms with Crippen LogP contribution in [-0.4, -0.2) is 47.8 Å². The predicted molar refractivity (Wildman–Crippen MR) is 81.1 cm³/mol. The maximum absolute atomic E-state index is 5.41. The van der Waals surface area contributed by atoms with Gasteiger partial charge in [-0.2, -0.15) is 0 Å². The van der Waals surface area contributed by atoms with Gasteiger partial charge in [-0.25, -0.2) is 9.97 Å². The number of aromatic nitrogens is 3. The SMILES string of the molecule is COCCOCCCCNc1nc(Br)cn2ccnc12. The molecule has 0 saturated heterocycles. The number of methoxy groups -OCH3 is 1. The summed E-state index contributed by atoms with van der Waals surface area (Å²) in [7, 11) is 1.68. The Bertz CT molecular complexity index is 532. The first-order valence-electron chi connectivity index (χ1n) is 6.61. The van der Waals surface area contributed by atoms with Crippen molar-refractivity contribution in [3.05, 3.63) is 23.2 Å². The highest BCUT2D eigenvalue weighted by atomic mass is 79.9. The van der Waals surface area contributed by atoms with E-state index in [1.54, 1.807) is 13.3 Å². The minimum Gasteiger partial charge on any atom is -0.382 e. The molecule has 20 heavy (non-hydrogen) atoms. The lowest BCUT2D eigenvalue weighted by molar-refractivity contribution is 0.0691. The third kappa shape index (κ3) is 4.43. The van der Waals surface area contributed by atoms with Crippen molar-refractivity contribution in [2.75, 3.05) is 38.8 Å². The number of fused-ring (bicyclic) bond motifs is 1. The van der Waals surface area contributed by atoms with Crippen molar-refractivity contribution in [3.63, 3.8) is 0 Å². The molecule has 0 saturated carbocycles. The van der Waals surface area contributed by atoms with Crippen LogP contribution in [0.5, 0.6) is 0 Å². The zero-order valence-electron chi connectivity index (χ0n) is 11.5. The Labute approximate surface area is 126 Å². The number of nitrogens with zero attached hydrogens (tertiary/aromatic N) is 3. The van der Waals surface area contributed by atoms with Gasteiger partial charge in [-0.15, -0.1) is 0 Å². The molecular weight excluding hydrogens is 324 g/mol. The maximum atomic E-state index is 5.41. The van der Waals surface area contributed by atoms with Gasteiger partial charge in [0.25, 0.3) is 0 Å². The topological polar surface area (TPSA) is 60.7 Å². The second-order valence-corrected chi connectivity index (χ2v) is 5.12. The van der Waals surface area contributed by atoms with Crippen molar-refractivity contribution in [1.29, 1.82) is 0 Å². The molecule has 0 aliphatic carbocycles. The van der Waals surface area contributed by atoms with Gasteiger partial charge in [0.1, 0.15) is 4.60 Å². The smallest absolute Gasteiger partial charge is 0.180 e. The molecule has 0 unspecified atom stereocenters. The van der Waals surface area contributed by atoms with Crippen LogP contribution in [0.2, 0.25) is 0 Å². The van der Waals surface area contributed by atoms with Gasteiger partial charge in [0.2, 0.25) is 0 Å². The van der Waals surface area contributed by atoms with Crippen LogP contribution in [0.3, 0.4) is 0 Å². The molecule has 7 heteroatoms. The first-order chi connectivity index (χ1) is 9.81. The second kappa shape index (κ2) is 8.18. The van der Waals surface area contributed by atoms with E-state index in [2.05, 4.69) is 31.2 Å². The van der Waals surface area contributed by atoms with Crippen molar-refractivity contribution >= 4 is 27.4 Å². The average molecular weight is 343 g/mol. The molecule has 110 valence electrons. The first-order valence-corrected chi connectivity index (χ1v) is 7.40. The van der Waals surface area contributed by atoms with Crippen LogP contribution in [0.4, 0.5) is 5.82 Å². The Hall–Kier alpha value is -1.18. The number of rotatable bonds is 9. The van der Waals surface area contributed by atoms with E-state index in [1.807, 2.05) is 16.8 Å². The minimum absolute atomic E-state index is 0.651. The number of hydrogen-bond acceptors (Lipinski definition) is 5. The van der Waals surface area contributed by atoms with E-state index in [0.29, 0.717) is 13.2 Å². The van der Waals surface area contributed by atoms with Gasteiger partial charge in [0.15, 0.2) is 11.5 Å². The van der Waals surface area contributed by atoms with Crippen molar-refractivity contribution < 1.29 is 9.47 Å². The van der Waals surface area contributed by atoms with Crippen molar-refractivity contribution in [2.24, 2.45) is 0 Å². The molecule has 2 heterocycles. The normalized spacial score (nSPS) is 11.1. The summed E-state index contributed by atoms with van der Waals surface area (Å²) >= 11 is 3.39. The summed E-state index contributed by atoms with van der Waals surface area (Å²) in [5, 5.41) is 3.31. The number of ether oxygens (including phenoxy) is 2. The van der Waals surface area contributed by atoms with E-state index in [0.717, 1.165) is 42.1 Å². The summed E-state index contributed by atoms with van der Waals surface area (Å²) < 4.78 is 13.0. The molecule has 0 radical (unpaired) electrons. The molecule has 0 atom stereocenters. The van der Waals surface area contributed by atoms with Gasteiger partial charge in [0, 0.05) is 38.9 Å². The zero-order valence-corrected chi connectivity index (χ0v) is 13.1. The lowest BCUT2D eigenvalue weighted by atomic mass is 10.3. The average Bonchev–Trinajstić information content (AvgIpc) is 2.89. The predicted octanol–water partition coefficient (Wildman–Crippen LogP) is 2.35. The van der Waals surface area contributed by atoms with Gasteiger partial charge < -0.3 is 19.2 Å². The fraction of sp³-hybridized carbons (Fsp3) is 0.538. The van der Waals surface area contributed by atoms with Crippen LogP contribution in [0.1, 0.15) is 12.8 Å². The first kappa shape index (κ1) is 15.2. The Morgan fingerprint density at radius 3 is 3.05 bits per heavy atom.